The molecular formula is C12H18N2O4. The van der Waals surface area contributed by atoms with E-state index in [0.29, 0.717) is 17.9 Å². The molecular weight excluding hydrogens is 236 g/mol. The Bertz CT molecular complexity index is 409. The Kier molecular flexibility index (Phi) is 5.26. The van der Waals surface area contributed by atoms with Crippen molar-refractivity contribution in [1.82, 2.24) is 0 Å². The van der Waals surface area contributed by atoms with E-state index in [4.69, 9.17) is 20.9 Å². The van der Waals surface area contributed by atoms with Crippen molar-refractivity contribution in [3.05, 3.63) is 23.8 Å². The average Bonchev–Trinajstić information content (AvgIpc) is 2.36. The van der Waals surface area contributed by atoms with Crippen LogP contribution in [0, 0.1) is 0 Å². The molecule has 18 heavy (non-hydrogen) atoms. The molecule has 1 amide bonds. The second kappa shape index (κ2) is 6.70. The minimum absolute atomic E-state index is 0.0870. The van der Waals surface area contributed by atoms with Gasteiger partial charge in [-0.15, -0.1) is 0 Å². The highest BCUT2D eigenvalue weighted by molar-refractivity contribution is 5.64. The molecule has 0 aliphatic rings. The Morgan fingerprint density at radius 1 is 1.28 bits per heavy atom. The second-order valence-corrected chi connectivity index (χ2v) is 3.78. The lowest BCUT2D eigenvalue weighted by atomic mass is 10.1. The lowest BCUT2D eigenvalue weighted by molar-refractivity contribution is 0.149. The Hall–Kier alpha value is -1.95. The molecule has 0 aliphatic carbocycles. The molecule has 1 unspecified atom stereocenters. The van der Waals surface area contributed by atoms with Crippen molar-refractivity contribution in [2.45, 2.75) is 12.5 Å². The van der Waals surface area contributed by atoms with Gasteiger partial charge in [0.25, 0.3) is 0 Å². The normalized spacial score (nSPS) is 11.7. The fourth-order valence-corrected chi connectivity index (χ4v) is 1.56. The first kappa shape index (κ1) is 14.1. The summed E-state index contributed by atoms with van der Waals surface area (Å²) in [5.74, 6) is 1.29. The molecule has 0 spiro atoms. The van der Waals surface area contributed by atoms with Crippen LogP contribution < -0.4 is 20.9 Å². The predicted octanol–water partition coefficient (Wildman–Crippen LogP) is 0.669. The fraction of sp³-hybridized carbons (Fsp3) is 0.417. The van der Waals surface area contributed by atoms with Crippen LogP contribution in [0.3, 0.4) is 0 Å². The highest BCUT2D eigenvalue weighted by Gasteiger charge is 2.09. The van der Waals surface area contributed by atoms with Crippen LogP contribution in [-0.4, -0.2) is 33.0 Å². The van der Waals surface area contributed by atoms with E-state index in [-0.39, 0.29) is 12.6 Å². The van der Waals surface area contributed by atoms with E-state index in [1.54, 1.807) is 20.3 Å². The third-order valence-corrected chi connectivity index (χ3v) is 2.39. The first-order valence-corrected chi connectivity index (χ1v) is 5.45. The van der Waals surface area contributed by atoms with Crippen molar-refractivity contribution in [2.24, 2.45) is 11.5 Å². The molecule has 0 aromatic heterocycles. The average molecular weight is 254 g/mol. The van der Waals surface area contributed by atoms with E-state index in [1.807, 2.05) is 12.1 Å². The number of nitrogens with two attached hydrogens (primary N) is 2. The van der Waals surface area contributed by atoms with E-state index in [0.717, 1.165) is 5.56 Å². The highest BCUT2D eigenvalue weighted by atomic mass is 16.5. The van der Waals surface area contributed by atoms with Gasteiger partial charge in [0.15, 0.2) is 11.5 Å². The van der Waals surface area contributed by atoms with Crippen LogP contribution in [0.25, 0.3) is 0 Å². The van der Waals surface area contributed by atoms with Gasteiger partial charge in [-0.3, -0.25) is 0 Å². The van der Waals surface area contributed by atoms with E-state index in [2.05, 4.69) is 4.74 Å². The number of hydrogen-bond donors (Lipinski definition) is 2. The van der Waals surface area contributed by atoms with Crippen molar-refractivity contribution in [2.75, 3.05) is 20.8 Å². The van der Waals surface area contributed by atoms with Gasteiger partial charge in [-0.2, -0.15) is 0 Å². The number of benzene rings is 1. The van der Waals surface area contributed by atoms with Gasteiger partial charge in [-0.1, -0.05) is 6.07 Å². The molecule has 0 heterocycles. The minimum Gasteiger partial charge on any atom is -0.493 e. The van der Waals surface area contributed by atoms with Gasteiger partial charge in [-0.25, -0.2) is 4.79 Å². The number of hydrogen-bond acceptors (Lipinski definition) is 5. The summed E-state index contributed by atoms with van der Waals surface area (Å²) in [6.45, 7) is 0.0870. The van der Waals surface area contributed by atoms with E-state index in [1.165, 1.54) is 0 Å². The summed E-state index contributed by atoms with van der Waals surface area (Å²) in [5, 5.41) is 0. The summed E-state index contributed by atoms with van der Waals surface area (Å²) in [6.07, 6.45) is -0.272. The minimum atomic E-state index is -0.822. The molecule has 1 rings (SSSR count). The van der Waals surface area contributed by atoms with E-state index >= 15 is 0 Å². The molecule has 0 fully saturated rings. The summed E-state index contributed by atoms with van der Waals surface area (Å²) >= 11 is 0. The number of carbonyl (C=O) groups is 1. The molecule has 100 valence electrons. The Morgan fingerprint density at radius 2 is 1.94 bits per heavy atom. The van der Waals surface area contributed by atoms with Gasteiger partial charge in [0.05, 0.1) is 14.2 Å². The first-order valence-electron chi connectivity index (χ1n) is 5.45. The molecule has 0 radical (unpaired) electrons. The van der Waals surface area contributed by atoms with Crippen molar-refractivity contribution < 1.29 is 19.0 Å². The first-order chi connectivity index (χ1) is 8.56. The maximum absolute atomic E-state index is 10.4. The maximum Gasteiger partial charge on any atom is 0.404 e. The Balaban J connectivity index is 2.64. The van der Waals surface area contributed by atoms with Crippen molar-refractivity contribution in [3.8, 4) is 11.5 Å². The molecule has 1 aromatic carbocycles. The smallest absolute Gasteiger partial charge is 0.404 e. The molecule has 0 saturated heterocycles. The third kappa shape index (κ3) is 4.14. The number of primary amides is 1. The standard InChI is InChI=1S/C12H18N2O4/c1-16-10-4-3-8(6-11(10)17-2)5-9(13)7-18-12(14)15/h3-4,6,9H,5,7,13H2,1-2H3,(H2,14,15). The zero-order chi connectivity index (χ0) is 13.5. The summed E-state index contributed by atoms with van der Waals surface area (Å²) in [4.78, 5) is 10.4. The van der Waals surface area contributed by atoms with Crippen molar-refractivity contribution >= 4 is 6.09 Å². The van der Waals surface area contributed by atoms with Gasteiger partial charge in [0.1, 0.15) is 6.61 Å². The molecule has 0 bridgehead atoms. The number of methoxy groups -OCH3 is 2. The summed E-state index contributed by atoms with van der Waals surface area (Å²) in [5.41, 5.74) is 11.6. The monoisotopic (exact) mass is 254 g/mol. The molecule has 6 heteroatoms. The topological polar surface area (TPSA) is 96.8 Å². The molecule has 6 nitrogen and oxygen atoms in total. The van der Waals surface area contributed by atoms with Gasteiger partial charge in [0.2, 0.25) is 0 Å². The van der Waals surface area contributed by atoms with Crippen LogP contribution in [0.4, 0.5) is 4.79 Å². The second-order valence-electron chi connectivity index (χ2n) is 3.78. The quantitative estimate of drug-likeness (QED) is 0.777. The molecule has 4 N–H and O–H groups in total. The number of amides is 1. The summed E-state index contributed by atoms with van der Waals surface area (Å²) in [7, 11) is 3.14. The van der Waals surface area contributed by atoms with Crippen LogP contribution >= 0.6 is 0 Å². The lowest BCUT2D eigenvalue weighted by Crippen LogP contribution is -2.31. The highest BCUT2D eigenvalue weighted by Crippen LogP contribution is 2.27. The van der Waals surface area contributed by atoms with Gasteiger partial charge >= 0.3 is 6.09 Å². The van der Waals surface area contributed by atoms with Gasteiger partial charge < -0.3 is 25.7 Å². The van der Waals surface area contributed by atoms with Gasteiger partial charge in [0, 0.05) is 6.04 Å². The third-order valence-electron chi connectivity index (χ3n) is 2.39. The summed E-state index contributed by atoms with van der Waals surface area (Å²) in [6, 6.07) is 5.21. The van der Waals surface area contributed by atoms with Crippen LogP contribution in [0.5, 0.6) is 11.5 Å². The predicted molar refractivity (Wildman–Crippen MR) is 66.8 cm³/mol. The van der Waals surface area contributed by atoms with Crippen LogP contribution in [0.1, 0.15) is 5.56 Å². The van der Waals surface area contributed by atoms with Gasteiger partial charge in [-0.05, 0) is 24.1 Å². The number of carbonyl (C=O) groups excluding carboxylic acids is 1. The largest absolute Gasteiger partial charge is 0.493 e. The SMILES string of the molecule is COc1ccc(CC(N)COC(N)=O)cc1OC. The molecule has 0 saturated carbocycles. The zero-order valence-corrected chi connectivity index (χ0v) is 10.5. The fourth-order valence-electron chi connectivity index (χ4n) is 1.56. The van der Waals surface area contributed by atoms with E-state index < -0.39 is 6.09 Å². The molecule has 1 aromatic rings. The number of rotatable bonds is 6. The van der Waals surface area contributed by atoms with E-state index in [9.17, 15) is 4.79 Å². The molecule has 0 aliphatic heterocycles. The van der Waals surface area contributed by atoms with Crippen LogP contribution in [0.15, 0.2) is 18.2 Å². The Morgan fingerprint density at radius 3 is 2.50 bits per heavy atom. The van der Waals surface area contributed by atoms with Crippen molar-refractivity contribution in [1.29, 1.82) is 0 Å². The van der Waals surface area contributed by atoms with Crippen molar-refractivity contribution in [3.63, 3.8) is 0 Å². The maximum atomic E-state index is 10.4. The summed E-state index contributed by atoms with van der Waals surface area (Å²) < 4.78 is 15.0. The lowest BCUT2D eigenvalue weighted by Gasteiger charge is -2.13. The van der Waals surface area contributed by atoms with Crippen LogP contribution in [-0.2, 0) is 11.2 Å². The number of ether oxygens (including phenoxy) is 3. The molecule has 1 atom stereocenters. The Labute approximate surface area is 106 Å². The zero-order valence-electron chi connectivity index (χ0n) is 10.5. The van der Waals surface area contributed by atoms with Crippen LogP contribution in [0.2, 0.25) is 0 Å².